The molecule has 0 saturated carbocycles. The van der Waals surface area contributed by atoms with E-state index >= 15 is 0 Å². The highest BCUT2D eigenvalue weighted by Crippen LogP contribution is 2.37. The van der Waals surface area contributed by atoms with Crippen LogP contribution >= 0.6 is 11.3 Å². The molecule has 0 radical (unpaired) electrons. The average Bonchev–Trinajstić information content (AvgIpc) is 3.04. The number of thiophene rings is 1. The lowest BCUT2D eigenvalue weighted by molar-refractivity contribution is 0.324. The van der Waals surface area contributed by atoms with Gasteiger partial charge in [-0.15, -0.1) is 16.4 Å². The molecule has 0 unspecified atom stereocenters. The Morgan fingerprint density at radius 1 is 1.43 bits per heavy atom. The lowest BCUT2D eigenvalue weighted by Crippen LogP contribution is -1.99. The van der Waals surface area contributed by atoms with Crippen LogP contribution in [0.25, 0.3) is 15.9 Å². The molecule has 0 bridgehead atoms. The van der Waals surface area contributed by atoms with E-state index in [9.17, 15) is 0 Å². The zero-order valence-electron chi connectivity index (χ0n) is 11.9. The van der Waals surface area contributed by atoms with Crippen molar-refractivity contribution < 1.29 is 4.74 Å². The van der Waals surface area contributed by atoms with Gasteiger partial charge < -0.3 is 4.74 Å². The maximum atomic E-state index is 5.55. The van der Waals surface area contributed by atoms with Gasteiger partial charge in [-0.2, -0.15) is 9.50 Å². The molecule has 108 valence electrons. The van der Waals surface area contributed by atoms with Gasteiger partial charge in [0.1, 0.15) is 17.8 Å². The quantitative estimate of drug-likeness (QED) is 0.697. The number of hydrogen-bond acceptors (Lipinski definition) is 5. The zero-order chi connectivity index (χ0) is 14.4. The second-order valence-electron chi connectivity index (χ2n) is 5.54. The van der Waals surface area contributed by atoms with Crippen LogP contribution in [0.15, 0.2) is 18.5 Å². The van der Waals surface area contributed by atoms with E-state index in [1.807, 2.05) is 6.92 Å². The molecule has 6 heteroatoms. The van der Waals surface area contributed by atoms with Gasteiger partial charge in [0.2, 0.25) is 0 Å². The Kier molecular flexibility index (Phi) is 2.92. The number of rotatable bonds is 3. The number of nitrogens with zero attached hydrogens (tertiary/aromatic N) is 4. The van der Waals surface area contributed by atoms with Gasteiger partial charge in [0, 0.05) is 4.88 Å². The van der Waals surface area contributed by atoms with Crippen molar-refractivity contribution in [3.8, 4) is 6.01 Å². The largest absolute Gasteiger partial charge is 0.458 e. The summed E-state index contributed by atoms with van der Waals surface area (Å²) in [6.45, 7) is 6.19. The predicted octanol–water partition coefficient (Wildman–Crippen LogP) is 3.17. The molecule has 0 aliphatic heterocycles. The first-order valence-electron chi connectivity index (χ1n) is 7.15. The van der Waals surface area contributed by atoms with Gasteiger partial charge in [-0.05, 0) is 43.7 Å². The van der Waals surface area contributed by atoms with Crippen molar-refractivity contribution in [2.75, 3.05) is 6.61 Å². The van der Waals surface area contributed by atoms with Crippen molar-refractivity contribution in [1.29, 1.82) is 0 Å². The van der Waals surface area contributed by atoms with Crippen LogP contribution in [0.2, 0.25) is 0 Å². The molecule has 1 aliphatic rings. The molecule has 4 rings (SSSR count). The molecule has 3 heterocycles. The number of aryl methyl sites for hydroxylation is 2. The Labute approximate surface area is 126 Å². The molecule has 0 N–H and O–H groups in total. The molecule has 5 nitrogen and oxygen atoms in total. The normalized spacial score (nSPS) is 14.5. The second kappa shape index (κ2) is 4.80. The van der Waals surface area contributed by atoms with Gasteiger partial charge in [-0.3, -0.25) is 0 Å². The Balaban J connectivity index is 1.87. The van der Waals surface area contributed by atoms with Crippen LogP contribution in [0.4, 0.5) is 0 Å². The van der Waals surface area contributed by atoms with Gasteiger partial charge in [0.15, 0.2) is 5.65 Å². The summed E-state index contributed by atoms with van der Waals surface area (Å²) < 4.78 is 7.27. The SMILES string of the molecule is C=C(C)COc1nc2c3c4c(sc3ncn2n1)CCCC4. The fourth-order valence-electron chi connectivity index (χ4n) is 2.78. The van der Waals surface area contributed by atoms with E-state index in [1.54, 1.807) is 22.2 Å². The summed E-state index contributed by atoms with van der Waals surface area (Å²) in [4.78, 5) is 11.6. The highest BCUT2D eigenvalue weighted by atomic mass is 32.1. The predicted molar refractivity (Wildman–Crippen MR) is 83.1 cm³/mol. The molecule has 0 atom stereocenters. The lowest BCUT2D eigenvalue weighted by Gasteiger charge is -2.09. The molecule has 3 aromatic rings. The maximum Gasteiger partial charge on any atom is 0.336 e. The summed E-state index contributed by atoms with van der Waals surface area (Å²) in [6, 6.07) is 0.392. The lowest BCUT2D eigenvalue weighted by atomic mass is 9.97. The van der Waals surface area contributed by atoms with Crippen molar-refractivity contribution >= 4 is 27.2 Å². The molecule has 0 fully saturated rings. The highest BCUT2D eigenvalue weighted by molar-refractivity contribution is 7.19. The van der Waals surface area contributed by atoms with E-state index in [0.717, 1.165) is 34.3 Å². The van der Waals surface area contributed by atoms with Gasteiger partial charge >= 0.3 is 6.01 Å². The molecule has 21 heavy (non-hydrogen) atoms. The Morgan fingerprint density at radius 3 is 3.14 bits per heavy atom. The van der Waals surface area contributed by atoms with E-state index < -0.39 is 0 Å². The molecular weight excluding hydrogens is 284 g/mol. The third kappa shape index (κ3) is 2.10. The molecule has 3 aromatic heterocycles. The van der Waals surface area contributed by atoms with Crippen LogP contribution < -0.4 is 4.74 Å². The molecule has 0 amide bonds. The standard InChI is InChI=1S/C15H16N4OS/c1-9(2)7-20-15-17-13-12-10-5-3-4-6-11(10)21-14(12)16-8-19(13)18-15/h8H,1,3-7H2,2H3. The monoisotopic (exact) mass is 300 g/mol. The van der Waals surface area contributed by atoms with Crippen molar-refractivity contribution in [3.05, 3.63) is 28.9 Å². The van der Waals surface area contributed by atoms with Crippen molar-refractivity contribution in [3.63, 3.8) is 0 Å². The minimum absolute atomic E-state index is 0.392. The summed E-state index contributed by atoms with van der Waals surface area (Å²) in [7, 11) is 0. The molecular formula is C15H16N4OS. The van der Waals surface area contributed by atoms with Crippen LogP contribution in [0.5, 0.6) is 6.01 Å². The average molecular weight is 300 g/mol. The van der Waals surface area contributed by atoms with E-state index in [2.05, 4.69) is 21.6 Å². The molecule has 0 saturated heterocycles. The number of hydrogen-bond donors (Lipinski definition) is 0. The minimum Gasteiger partial charge on any atom is -0.458 e. The van der Waals surface area contributed by atoms with Crippen LogP contribution in [-0.4, -0.2) is 26.2 Å². The van der Waals surface area contributed by atoms with Gasteiger partial charge in [-0.1, -0.05) is 6.58 Å². The zero-order valence-corrected chi connectivity index (χ0v) is 12.7. The first-order valence-corrected chi connectivity index (χ1v) is 7.97. The smallest absolute Gasteiger partial charge is 0.336 e. The Morgan fingerprint density at radius 2 is 2.29 bits per heavy atom. The highest BCUT2D eigenvalue weighted by Gasteiger charge is 2.20. The van der Waals surface area contributed by atoms with Gasteiger partial charge in [0.05, 0.1) is 5.39 Å². The Bertz CT molecular complexity index is 848. The summed E-state index contributed by atoms with van der Waals surface area (Å²) in [5, 5.41) is 5.51. The van der Waals surface area contributed by atoms with E-state index in [4.69, 9.17) is 4.74 Å². The number of ether oxygens (including phenoxy) is 1. The second-order valence-corrected chi connectivity index (χ2v) is 6.63. The van der Waals surface area contributed by atoms with E-state index in [0.29, 0.717) is 12.6 Å². The molecule has 0 spiro atoms. The van der Waals surface area contributed by atoms with Gasteiger partial charge in [-0.25, -0.2) is 4.98 Å². The van der Waals surface area contributed by atoms with Crippen LogP contribution in [-0.2, 0) is 12.8 Å². The minimum atomic E-state index is 0.392. The van der Waals surface area contributed by atoms with E-state index in [-0.39, 0.29) is 0 Å². The van der Waals surface area contributed by atoms with E-state index in [1.165, 1.54) is 23.3 Å². The van der Waals surface area contributed by atoms with Crippen molar-refractivity contribution in [2.24, 2.45) is 0 Å². The number of aromatic nitrogens is 4. The number of fused-ring (bicyclic) bond motifs is 5. The van der Waals surface area contributed by atoms with Gasteiger partial charge in [0.25, 0.3) is 0 Å². The van der Waals surface area contributed by atoms with Crippen molar-refractivity contribution in [1.82, 2.24) is 19.6 Å². The third-order valence-corrected chi connectivity index (χ3v) is 4.92. The Hall–Kier alpha value is -1.95. The molecule has 1 aliphatic carbocycles. The summed E-state index contributed by atoms with van der Waals surface area (Å²) in [5.41, 5.74) is 3.22. The maximum absolute atomic E-state index is 5.55. The third-order valence-electron chi connectivity index (χ3n) is 3.72. The summed E-state index contributed by atoms with van der Waals surface area (Å²) >= 11 is 1.79. The summed E-state index contributed by atoms with van der Waals surface area (Å²) in [6.07, 6.45) is 6.52. The van der Waals surface area contributed by atoms with Crippen LogP contribution in [0, 0.1) is 0 Å². The fourth-order valence-corrected chi connectivity index (χ4v) is 4.01. The molecule has 0 aromatic carbocycles. The first kappa shape index (κ1) is 12.8. The fraction of sp³-hybridized carbons (Fsp3) is 0.400. The summed E-state index contributed by atoms with van der Waals surface area (Å²) in [5.74, 6) is 0. The van der Waals surface area contributed by atoms with Crippen LogP contribution in [0.1, 0.15) is 30.2 Å². The topological polar surface area (TPSA) is 52.3 Å². The first-order chi connectivity index (χ1) is 10.2. The van der Waals surface area contributed by atoms with Crippen LogP contribution in [0.3, 0.4) is 0 Å². The van der Waals surface area contributed by atoms with Crippen molar-refractivity contribution in [2.45, 2.75) is 32.6 Å².